The topological polar surface area (TPSA) is 41.6 Å². The van der Waals surface area contributed by atoms with Crippen molar-refractivity contribution in [3.05, 3.63) is 77.9 Å². The van der Waals surface area contributed by atoms with Crippen molar-refractivity contribution in [1.29, 1.82) is 0 Å². The number of carbonyl (C=O) groups is 1. The molecule has 1 N–H and O–H groups in total. The summed E-state index contributed by atoms with van der Waals surface area (Å²) in [5.74, 6) is 0.968. The molecule has 1 amide bonds. The molecule has 1 aliphatic heterocycles. The average molecular weight is 389 g/mol. The highest BCUT2D eigenvalue weighted by Gasteiger charge is 2.23. The van der Waals surface area contributed by atoms with Gasteiger partial charge >= 0.3 is 0 Å². The van der Waals surface area contributed by atoms with Gasteiger partial charge in [-0.25, -0.2) is 0 Å². The number of nitrogens with zero attached hydrogens (tertiary/aromatic N) is 1. The molecule has 1 saturated heterocycles. The summed E-state index contributed by atoms with van der Waals surface area (Å²) in [6.07, 6.45) is 2.38. The van der Waals surface area contributed by atoms with Gasteiger partial charge < -0.3 is 15.0 Å². The maximum atomic E-state index is 12.7. The summed E-state index contributed by atoms with van der Waals surface area (Å²) < 4.78 is 5.37. The summed E-state index contributed by atoms with van der Waals surface area (Å²) in [4.78, 5) is 14.7. The average Bonchev–Trinajstić information content (AvgIpc) is 2.78. The van der Waals surface area contributed by atoms with Crippen LogP contribution in [0.2, 0.25) is 0 Å². The lowest BCUT2D eigenvalue weighted by atomic mass is 10.0. The Kier molecular flexibility index (Phi) is 6.11. The summed E-state index contributed by atoms with van der Waals surface area (Å²) in [5.41, 5.74) is 2.26. The Morgan fingerprint density at radius 1 is 1.00 bits per heavy atom. The largest absolute Gasteiger partial charge is 0.496 e. The first kappa shape index (κ1) is 19.5. The Bertz CT molecular complexity index is 977. The fourth-order valence-electron chi connectivity index (χ4n) is 4.07. The molecule has 3 aromatic carbocycles. The minimum Gasteiger partial charge on any atom is -0.496 e. The Morgan fingerprint density at radius 3 is 2.52 bits per heavy atom. The third kappa shape index (κ3) is 4.77. The van der Waals surface area contributed by atoms with Gasteiger partial charge in [0, 0.05) is 31.2 Å². The molecule has 0 aromatic heterocycles. The molecule has 0 radical (unpaired) electrons. The Morgan fingerprint density at radius 2 is 1.72 bits per heavy atom. The van der Waals surface area contributed by atoms with E-state index in [2.05, 4.69) is 47.8 Å². The third-order valence-electron chi connectivity index (χ3n) is 5.79. The highest BCUT2D eigenvalue weighted by molar-refractivity contribution is 5.83. The second kappa shape index (κ2) is 9.10. The van der Waals surface area contributed by atoms with Crippen LogP contribution in [0.1, 0.15) is 24.0 Å². The minimum atomic E-state index is 0.183. The molecule has 4 rings (SSSR count). The van der Waals surface area contributed by atoms with E-state index in [-0.39, 0.29) is 5.91 Å². The number of ether oxygens (including phenoxy) is 1. The van der Waals surface area contributed by atoms with Gasteiger partial charge in [0.1, 0.15) is 5.75 Å². The van der Waals surface area contributed by atoms with E-state index in [9.17, 15) is 4.79 Å². The number of fused-ring (bicyclic) bond motifs is 1. The molecule has 4 heteroatoms. The van der Waals surface area contributed by atoms with Gasteiger partial charge in [-0.2, -0.15) is 0 Å². The highest BCUT2D eigenvalue weighted by Crippen LogP contribution is 2.20. The highest BCUT2D eigenvalue weighted by atomic mass is 16.5. The molecule has 0 bridgehead atoms. The van der Waals surface area contributed by atoms with E-state index in [1.165, 1.54) is 16.3 Å². The van der Waals surface area contributed by atoms with E-state index >= 15 is 0 Å². The number of methoxy groups -OCH3 is 1. The van der Waals surface area contributed by atoms with Crippen molar-refractivity contribution in [2.75, 3.05) is 20.2 Å². The van der Waals surface area contributed by atoms with E-state index in [0.29, 0.717) is 12.5 Å². The van der Waals surface area contributed by atoms with Crippen LogP contribution in [0.15, 0.2) is 66.7 Å². The summed E-state index contributed by atoms with van der Waals surface area (Å²) >= 11 is 0. The molecule has 0 unspecified atom stereocenters. The van der Waals surface area contributed by atoms with Crippen molar-refractivity contribution in [1.82, 2.24) is 10.2 Å². The number of carbonyl (C=O) groups excluding carboxylic acids is 1. The first-order valence-corrected chi connectivity index (χ1v) is 10.3. The zero-order chi connectivity index (χ0) is 20.1. The number of nitrogens with one attached hydrogen (secondary N) is 1. The number of para-hydroxylation sites is 1. The summed E-state index contributed by atoms with van der Waals surface area (Å²) in [6, 6.07) is 23.3. The van der Waals surface area contributed by atoms with E-state index in [4.69, 9.17) is 4.74 Å². The molecule has 0 saturated carbocycles. The number of likely N-dealkylation sites (tertiary alicyclic amines) is 1. The number of rotatable bonds is 6. The van der Waals surface area contributed by atoms with Crippen LogP contribution >= 0.6 is 0 Å². The van der Waals surface area contributed by atoms with Crippen LogP contribution in [0, 0.1) is 0 Å². The van der Waals surface area contributed by atoms with Crippen LogP contribution in [0.4, 0.5) is 0 Å². The van der Waals surface area contributed by atoms with Gasteiger partial charge in [-0.15, -0.1) is 0 Å². The molecule has 0 spiro atoms. The van der Waals surface area contributed by atoms with Crippen LogP contribution in [0.3, 0.4) is 0 Å². The van der Waals surface area contributed by atoms with Crippen LogP contribution in [0.5, 0.6) is 5.75 Å². The predicted molar refractivity (Wildman–Crippen MR) is 117 cm³/mol. The molecular formula is C25H28N2O2. The van der Waals surface area contributed by atoms with Crippen LogP contribution in [-0.4, -0.2) is 37.0 Å². The molecule has 4 nitrogen and oxygen atoms in total. The molecule has 1 heterocycles. The molecule has 0 aliphatic carbocycles. The minimum absolute atomic E-state index is 0.183. The fraction of sp³-hybridized carbons (Fsp3) is 0.320. The third-order valence-corrected chi connectivity index (χ3v) is 5.79. The Balaban J connectivity index is 1.27. The van der Waals surface area contributed by atoms with Crippen molar-refractivity contribution in [3.8, 4) is 5.75 Å². The van der Waals surface area contributed by atoms with Gasteiger partial charge in [-0.05, 0) is 41.3 Å². The number of hydrogen-bond acceptors (Lipinski definition) is 3. The normalized spacial score (nSPS) is 14.9. The second-order valence-electron chi connectivity index (χ2n) is 7.71. The summed E-state index contributed by atoms with van der Waals surface area (Å²) in [7, 11) is 1.65. The van der Waals surface area contributed by atoms with Crippen molar-refractivity contribution in [2.45, 2.75) is 31.8 Å². The lowest BCUT2D eigenvalue weighted by Gasteiger charge is -2.32. The molecule has 1 fully saturated rings. The number of piperidine rings is 1. The molecule has 3 aromatic rings. The van der Waals surface area contributed by atoms with E-state index in [0.717, 1.165) is 43.8 Å². The zero-order valence-corrected chi connectivity index (χ0v) is 16.9. The van der Waals surface area contributed by atoms with Crippen molar-refractivity contribution < 1.29 is 9.53 Å². The lowest BCUT2D eigenvalue weighted by Crippen LogP contribution is -2.45. The summed E-state index contributed by atoms with van der Waals surface area (Å²) in [6.45, 7) is 2.48. The molecule has 0 atom stereocenters. The first-order chi connectivity index (χ1) is 14.2. The molecule has 29 heavy (non-hydrogen) atoms. The number of amides is 1. The van der Waals surface area contributed by atoms with Crippen molar-refractivity contribution >= 4 is 16.7 Å². The quantitative estimate of drug-likeness (QED) is 0.689. The van der Waals surface area contributed by atoms with E-state index in [1.54, 1.807) is 7.11 Å². The van der Waals surface area contributed by atoms with Crippen LogP contribution in [-0.2, 0) is 17.8 Å². The maximum absolute atomic E-state index is 12.7. The van der Waals surface area contributed by atoms with Gasteiger partial charge in [0.2, 0.25) is 5.91 Å². The molecule has 150 valence electrons. The molecule has 1 aliphatic rings. The SMILES string of the molecule is COc1ccccc1CC(=O)N1CCC(NCc2ccc3ccccc3c2)CC1. The fourth-order valence-corrected chi connectivity index (χ4v) is 4.07. The van der Waals surface area contributed by atoms with Gasteiger partial charge in [0.05, 0.1) is 13.5 Å². The smallest absolute Gasteiger partial charge is 0.227 e. The van der Waals surface area contributed by atoms with Crippen LogP contribution in [0.25, 0.3) is 10.8 Å². The summed E-state index contributed by atoms with van der Waals surface area (Å²) in [5, 5.41) is 6.23. The van der Waals surface area contributed by atoms with Crippen molar-refractivity contribution in [3.63, 3.8) is 0 Å². The second-order valence-corrected chi connectivity index (χ2v) is 7.71. The van der Waals surface area contributed by atoms with Gasteiger partial charge in [0.25, 0.3) is 0 Å². The van der Waals surface area contributed by atoms with Gasteiger partial charge in [-0.1, -0.05) is 54.6 Å². The Hall–Kier alpha value is -2.85. The van der Waals surface area contributed by atoms with Gasteiger partial charge in [0.15, 0.2) is 0 Å². The van der Waals surface area contributed by atoms with E-state index in [1.807, 2.05) is 29.2 Å². The maximum Gasteiger partial charge on any atom is 0.227 e. The monoisotopic (exact) mass is 388 g/mol. The number of benzene rings is 3. The number of hydrogen-bond donors (Lipinski definition) is 1. The predicted octanol–water partition coefficient (Wildman–Crippen LogP) is 4.17. The molecular weight excluding hydrogens is 360 g/mol. The van der Waals surface area contributed by atoms with Crippen molar-refractivity contribution in [2.24, 2.45) is 0 Å². The van der Waals surface area contributed by atoms with Gasteiger partial charge in [-0.3, -0.25) is 4.79 Å². The Labute approximate surface area is 172 Å². The van der Waals surface area contributed by atoms with Crippen LogP contribution < -0.4 is 10.1 Å². The first-order valence-electron chi connectivity index (χ1n) is 10.3. The lowest BCUT2D eigenvalue weighted by molar-refractivity contribution is -0.131. The van der Waals surface area contributed by atoms with E-state index < -0.39 is 0 Å². The zero-order valence-electron chi connectivity index (χ0n) is 16.9. The standard InChI is InChI=1S/C25H28N2O2/c1-29-24-9-5-4-8-22(24)17-25(28)27-14-12-23(13-15-27)26-18-19-10-11-20-6-2-3-7-21(20)16-19/h2-11,16,23,26H,12-15,17-18H2,1H3.